The average Bonchev–Trinajstić information content (AvgIpc) is 3.25. The summed E-state index contributed by atoms with van der Waals surface area (Å²) in [5, 5.41) is 5.75. The monoisotopic (exact) mass is 479 g/mol. The molecule has 36 heavy (non-hydrogen) atoms. The minimum atomic E-state index is 0.740. The molecule has 0 N–H and O–H groups in total. The minimum Gasteiger partial charge on any atom is -0.309 e. The molecule has 0 bridgehead atoms. The molecule has 170 valence electrons. The molecule has 0 saturated carbocycles. The quantitative estimate of drug-likeness (QED) is 0.237. The molecule has 1 aromatic heterocycles. The third-order valence-electron chi connectivity index (χ3n) is 7.04. The van der Waals surface area contributed by atoms with Gasteiger partial charge in [-0.15, -0.1) is 0 Å². The summed E-state index contributed by atoms with van der Waals surface area (Å²) in [6, 6.07) is 47.4. The molecular formula is C34H22ClN. The molecule has 0 amide bonds. The maximum Gasteiger partial charge on any atom is 0.0547 e. The summed E-state index contributed by atoms with van der Waals surface area (Å²) in [6.45, 7) is 0. The summed E-state index contributed by atoms with van der Waals surface area (Å²) in [4.78, 5) is 0. The molecule has 0 aliphatic rings. The number of fused-ring (bicyclic) bond motifs is 4. The van der Waals surface area contributed by atoms with E-state index in [9.17, 15) is 0 Å². The predicted molar refractivity (Wildman–Crippen MR) is 154 cm³/mol. The van der Waals surface area contributed by atoms with Crippen LogP contribution in [0.1, 0.15) is 0 Å². The number of hydrogen-bond donors (Lipinski definition) is 0. The largest absolute Gasteiger partial charge is 0.309 e. The summed E-state index contributed by atoms with van der Waals surface area (Å²) < 4.78 is 2.42. The first-order valence-electron chi connectivity index (χ1n) is 12.1. The molecule has 2 heteroatoms. The molecular weight excluding hydrogens is 458 g/mol. The van der Waals surface area contributed by atoms with E-state index in [0.717, 1.165) is 16.3 Å². The maximum atomic E-state index is 6.25. The van der Waals surface area contributed by atoms with Crippen molar-refractivity contribution in [2.45, 2.75) is 0 Å². The summed E-state index contributed by atoms with van der Waals surface area (Å²) in [6.07, 6.45) is 0. The van der Waals surface area contributed by atoms with Crippen LogP contribution in [0.15, 0.2) is 133 Å². The van der Waals surface area contributed by atoms with Crippen molar-refractivity contribution >= 4 is 44.2 Å². The second-order valence-corrected chi connectivity index (χ2v) is 9.61. The average molecular weight is 480 g/mol. The first-order chi connectivity index (χ1) is 17.8. The zero-order valence-electron chi connectivity index (χ0n) is 19.5. The molecule has 1 heterocycles. The number of nitrogens with zero attached hydrogens (tertiary/aromatic N) is 1. The van der Waals surface area contributed by atoms with Gasteiger partial charge in [0.2, 0.25) is 0 Å². The van der Waals surface area contributed by atoms with Crippen molar-refractivity contribution in [3.05, 3.63) is 138 Å². The van der Waals surface area contributed by atoms with Crippen molar-refractivity contribution in [2.75, 3.05) is 0 Å². The van der Waals surface area contributed by atoms with Gasteiger partial charge in [0.25, 0.3) is 0 Å². The van der Waals surface area contributed by atoms with Crippen LogP contribution in [0.2, 0.25) is 5.02 Å². The van der Waals surface area contributed by atoms with Gasteiger partial charge in [-0.2, -0.15) is 0 Å². The molecule has 7 aromatic rings. The van der Waals surface area contributed by atoms with Crippen LogP contribution in [0.5, 0.6) is 0 Å². The maximum absolute atomic E-state index is 6.25. The first-order valence-corrected chi connectivity index (χ1v) is 12.5. The topological polar surface area (TPSA) is 4.93 Å². The van der Waals surface area contributed by atoms with E-state index in [1.165, 1.54) is 49.3 Å². The lowest BCUT2D eigenvalue weighted by Gasteiger charge is -2.16. The first kappa shape index (κ1) is 21.0. The van der Waals surface area contributed by atoms with Gasteiger partial charge in [0.1, 0.15) is 0 Å². The lowest BCUT2D eigenvalue weighted by molar-refractivity contribution is 1.18. The number of aromatic nitrogens is 1. The molecule has 0 spiro atoms. The van der Waals surface area contributed by atoms with Crippen molar-refractivity contribution in [1.82, 2.24) is 4.57 Å². The Balaban J connectivity index is 1.61. The molecule has 0 aliphatic carbocycles. The Morgan fingerprint density at radius 3 is 1.92 bits per heavy atom. The lowest BCUT2D eigenvalue weighted by Crippen LogP contribution is -1.98. The lowest BCUT2D eigenvalue weighted by atomic mass is 9.98. The van der Waals surface area contributed by atoms with Gasteiger partial charge < -0.3 is 4.57 Å². The predicted octanol–water partition coefficient (Wildman–Crippen LogP) is 9.92. The van der Waals surface area contributed by atoms with E-state index in [0.29, 0.717) is 0 Å². The molecule has 7 rings (SSSR count). The Kier molecular flexibility index (Phi) is 4.90. The third-order valence-corrected chi connectivity index (χ3v) is 7.29. The van der Waals surface area contributed by atoms with Crippen molar-refractivity contribution in [3.63, 3.8) is 0 Å². The fourth-order valence-electron chi connectivity index (χ4n) is 5.32. The van der Waals surface area contributed by atoms with Crippen LogP contribution in [-0.2, 0) is 0 Å². The number of hydrogen-bond acceptors (Lipinski definition) is 0. The number of rotatable bonds is 3. The molecule has 0 radical (unpaired) electrons. The van der Waals surface area contributed by atoms with Crippen molar-refractivity contribution < 1.29 is 0 Å². The van der Waals surface area contributed by atoms with E-state index < -0.39 is 0 Å². The second kappa shape index (κ2) is 8.41. The molecule has 1 nitrogen and oxygen atoms in total. The van der Waals surface area contributed by atoms with Crippen molar-refractivity contribution in [3.8, 4) is 27.9 Å². The van der Waals surface area contributed by atoms with Crippen LogP contribution in [0.3, 0.4) is 0 Å². The van der Waals surface area contributed by atoms with E-state index in [1.54, 1.807) is 0 Å². The highest BCUT2D eigenvalue weighted by Crippen LogP contribution is 2.39. The fourth-order valence-corrected chi connectivity index (χ4v) is 5.44. The fraction of sp³-hybridized carbons (Fsp3) is 0. The molecule has 0 fully saturated rings. The normalized spacial score (nSPS) is 11.5. The van der Waals surface area contributed by atoms with Crippen molar-refractivity contribution in [2.24, 2.45) is 0 Å². The SMILES string of the molecule is Clc1ccc(-c2ccc(-c3ccccc3)cc2-n2c3ccccc3c3cc4ccccc4cc32)cc1. The standard InChI is InChI=1S/C34H22ClN/c35-28-17-14-24(15-18-28)29-19-16-27(23-8-2-1-3-9-23)22-33(29)36-32-13-7-6-12-30(32)31-20-25-10-4-5-11-26(25)21-34(31)36/h1-22H. The second-order valence-electron chi connectivity index (χ2n) is 9.17. The zero-order valence-corrected chi connectivity index (χ0v) is 20.3. The summed E-state index contributed by atoms with van der Waals surface area (Å²) in [5.74, 6) is 0. The third kappa shape index (κ3) is 3.40. The van der Waals surface area contributed by atoms with Gasteiger partial charge in [-0.1, -0.05) is 109 Å². The van der Waals surface area contributed by atoms with E-state index >= 15 is 0 Å². The Labute approximate surface area is 214 Å². The molecule has 6 aromatic carbocycles. The van der Waals surface area contributed by atoms with Gasteiger partial charge in [0, 0.05) is 21.4 Å². The molecule has 0 unspecified atom stereocenters. The van der Waals surface area contributed by atoms with Crippen LogP contribution in [0.25, 0.3) is 60.5 Å². The minimum absolute atomic E-state index is 0.740. The van der Waals surface area contributed by atoms with Gasteiger partial charge in [-0.05, 0) is 63.9 Å². The molecule has 0 aliphatic heterocycles. The molecule has 0 atom stereocenters. The van der Waals surface area contributed by atoms with Crippen LogP contribution in [0, 0.1) is 0 Å². The van der Waals surface area contributed by atoms with E-state index in [1.807, 2.05) is 12.1 Å². The van der Waals surface area contributed by atoms with Crippen molar-refractivity contribution in [1.29, 1.82) is 0 Å². The highest BCUT2D eigenvalue weighted by molar-refractivity contribution is 6.30. The van der Waals surface area contributed by atoms with Gasteiger partial charge in [0.05, 0.1) is 16.7 Å². The Morgan fingerprint density at radius 2 is 1.11 bits per heavy atom. The summed E-state index contributed by atoms with van der Waals surface area (Å²) in [5.41, 5.74) is 8.25. The van der Waals surface area contributed by atoms with Crippen LogP contribution in [0.4, 0.5) is 0 Å². The van der Waals surface area contributed by atoms with Gasteiger partial charge >= 0.3 is 0 Å². The Hall–Kier alpha value is -4.33. The van der Waals surface area contributed by atoms with E-state index in [-0.39, 0.29) is 0 Å². The van der Waals surface area contributed by atoms with Gasteiger partial charge in [0.15, 0.2) is 0 Å². The molecule has 0 saturated heterocycles. The van der Waals surface area contributed by atoms with Gasteiger partial charge in [-0.25, -0.2) is 0 Å². The number of benzene rings is 6. The van der Waals surface area contributed by atoms with Crippen LogP contribution in [-0.4, -0.2) is 4.57 Å². The Morgan fingerprint density at radius 1 is 0.444 bits per heavy atom. The summed E-state index contributed by atoms with van der Waals surface area (Å²) in [7, 11) is 0. The Bertz CT molecular complexity index is 1880. The van der Waals surface area contributed by atoms with Crippen LogP contribution < -0.4 is 0 Å². The summed E-state index contributed by atoms with van der Waals surface area (Å²) >= 11 is 6.25. The zero-order chi connectivity index (χ0) is 24.1. The number of para-hydroxylation sites is 1. The highest BCUT2D eigenvalue weighted by Gasteiger charge is 2.17. The van der Waals surface area contributed by atoms with E-state index in [2.05, 4.69) is 126 Å². The number of halogens is 1. The smallest absolute Gasteiger partial charge is 0.0547 e. The van der Waals surface area contributed by atoms with Gasteiger partial charge in [-0.3, -0.25) is 0 Å². The van der Waals surface area contributed by atoms with E-state index in [4.69, 9.17) is 11.6 Å². The highest BCUT2D eigenvalue weighted by atomic mass is 35.5. The van der Waals surface area contributed by atoms with Crippen LogP contribution >= 0.6 is 11.6 Å².